The molecule has 3 nitrogen and oxygen atoms in total. The van der Waals surface area contributed by atoms with E-state index in [4.69, 9.17) is 5.73 Å². The molecule has 0 fully saturated rings. The van der Waals surface area contributed by atoms with Gasteiger partial charge >= 0.3 is 0 Å². The molecule has 0 radical (unpaired) electrons. The molecular weight excluding hydrogens is 234 g/mol. The molecule has 3 rings (SSSR count). The summed E-state index contributed by atoms with van der Waals surface area (Å²) in [5.41, 5.74) is 11.6. The van der Waals surface area contributed by atoms with Gasteiger partial charge in [-0.2, -0.15) is 5.10 Å². The Morgan fingerprint density at radius 3 is 2.84 bits per heavy atom. The number of nitrogens with two attached hydrogens (primary N) is 1. The Hall–Kier alpha value is -1.61. The van der Waals surface area contributed by atoms with Crippen LogP contribution in [0.3, 0.4) is 0 Å². The third-order valence-corrected chi connectivity index (χ3v) is 4.27. The molecule has 100 valence electrons. The average molecular weight is 255 g/mol. The lowest BCUT2D eigenvalue weighted by Gasteiger charge is -2.15. The first kappa shape index (κ1) is 12.4. The molecule has 0 spiro atoms. The van der Waals surface area contributed by atoms with Crippen molar-refractivity contribution in [2.24, 2.45) is 18.7 Å². The zero-order valence-corrected chi connectivity index (χ0v) is 11.6. The number of rotatable bonds is 3. The highest BCUT2D eigenvalue weighted by Crippen LogP contribution is 2.36. The van der Waals surface area contributed by atoms with E-state index in [2.05, 4.69) is 42.4 Å². The summed E-state index contributed by atoms with van der Waals surface area (Å²) in [7, 11) is 2.03. The van der Waals surface area contributed by atoms with Gasteiger partial charge in [-0.25, -0.2) is 0 Å². The zero-order valence-electron chi connectivity index (χ0n) is 11.6. The van der Waals surface area contributed by atoms with Crippen molar-refractivity contribution in [3.63, 3.8) is 0 Å². The van der Waals surface area contributed by atoms with Crippen LogP contribution in [0, 0.1) is 5.92 Å². The molecular formula is C16H21N3. The van der Waals surface area contributed by atoms with Crippen LogP contribution >= 0.6 is 0 Å². The van der Waals surface area contributed by atoms with Crippen LogP contribution in [0.15, 0.2) is 30.3 Å². The van der Waals surface area contributed by atoms with E-state index in [1.54, 1.807) is 0 Å². The summed E-state index contributed by atoms with van der Waals surface area (Å²) in [4.78, 5) is 0. The van der Waals surface area contributed by atoms with Crippen molar-refractivity contribution in [3.05, 3.63) is 52.8 Å². The lowest BCUT2D eigenvalue weighted by Crippen LogP contribution is -2.20. The number of hydrogen-bond donors (Lipinski definition) is 1. The van der Waals surface area contributed by atoms with E-state index in [1.807, 2.05) is 11.7 Å². The molecule has 2 atom stereocenters. The van der Waals surface area contributed by atoms with Gasteiger partial charge in [0.25, 0.3) is 0 Å². The number of hydrogen-bond acceptors (Lipinski definition) is 2. The molecule has 0 saturated carbocycles. The Bertz CT molecular complexity index is 585. The first-order valence-corrected chi connectivity index (χ1v) is 7.04. The minimum atomic E-state index is 0.163. The molecule has 1 heterocycles. The van der Waals surface area contributed by atoms with Gasteiger partial charge in [-0.3, -0.25) is 4.68 Å². The predicted molar refractivity (Wildman–Crippen MR) is 76.9 cm³/mol. The quantitative estimate of drug-likeness (QED) is 0.915. The molecule has 2 unspecified atom stereocenters. The first-order valence-electron chi connectivity index (χ1n) is 7.04. The monoisotopic (exact) mass is 255 g/mol. The van der Waals surface area contributed by atoms with Crippen molar-refractivity contribution < 1.29 is 0 Å². The van der Waals surface area contributed by atoms with Gasteiger partial charge in [-0.1, -0.05) is 31.2 Å². The second-order valence-electron chi connectivity index (χ2n) is 5.50. The molecule has 0 saturated heterocycles. The van der Waals surface area contributed by atoms with Crippen LogP contribution in [0.1, 0.15) is 35.5 Å². The minimum absolute atomic E-state index is 0.163. The molecule has 0 bridgehead atoms. The summed E-state index contributed by atoms with van der Waals surface area (Å²) < 4.78 is 2.01. The molecule has 1 aromatic carbocycles. The van der Waals surface area contributed by atoms with Crippen LogP contribution in [0.2, 0.25) is 0 Å². The topological polar surface area (TPSA) is 43.8 Å². The van der Waals surface area contributed by atoms with Crippen molar-refractivity contribution >= 4 is 0 Å². The SMILES string of the molecule is CCc1cc(CC2Cc3ccccc3C2N)n(C)n1. The number of benzene rings is 1. The first-order chi connectivity index (χ1) is 9.19. The van der Waals surface area contributed by atoms with Crippen molar-refractivity contribution in [3.8, 4) is 0 Å². The van der Waals surface area contributed by atoms with Crippen LogP contribution in [-0.2, 0) is 26.3 Å². The summed E-state index contributed by atoms with van der Waals surface area (Å²) in [5, 5.41) is 4.52. The highest BCUT2D eigenvalue weighted by atomic mass is 15.3. The molecule has 1 aromatic heterocycles. The Balaban J connectivity index is 1.80. The normalized spacial score (nSPS) is 21.6. The van der Waals surface area contributed by atoms with E-state index < -0.39 is 0 Å². The number of aryl methyl sites for hydroxylation is 2. The van der Waals surface area contributed by atoms with Gasteiger partial charge in [0.15, 0.2) is 0 Å². The summed E-state index contributed by atoms with van der Waals surface area (Å²) in [6.07, 6.45) is 3.09. The van der Waals surface area contributed by atoms with Crippen LogP contribution in [0.5, 0.6) is 0 Å². The maximum atomic E-state index is 6.40. The Labute approximate surface area is 114 Å². The molecule has 1 aliphatic rings. The van der Waals surface area contributed by atoms with Gasteiger partial charge in [0.1, 0.15) is 0 Å². The molecule has 3 heteroatoms. The second kappa shape index (κ2) is 4.82. The van der Waals surface area contributed by atoms with Crippen molar-refractivity contribution in [1.29, 1.82) is 0 Å². The average Bonchev–Trinajstić information content (AvgIpc) is 2.93. The van der Waals surface area contributed by atoms with Gasteiger partial charge in [0.2, 0.25) is 0 Å². The van der Waals surface area contributed by atoms with Gasteiger partial charge < -0.3 is 5.73 Å². The molecule has 19 heavy (non-hydrogen) atoms. The van der Waals surface area contributed by atoms with Gasteiger partial charge in [0, 0.05) is 18.8 Å². The van der Waals surface area contributed by atoms with Crippen molar-refractivity contribution in [2.45, 2.75) is 32.2 Å². The Kier molecular flexibility index (Phi) is 3.15. The molecule has 1 aliphatic carbocycles. The second-order valence-corrected chi connectivity index (χ2v) is 5.50. The van der Waals surface area contributed by atoms with Crippen LogP contribution in [0.4, 0.5) is 0 Å². The van der Waals surface area contributed by atoms with E-state index in [9.17, 15) is 0 Å². The van der Waals surface area contributed by atoms with Crippen molar-refractivity contribution in [2.75, 3.05) is 0 Å². The smallest absolute Gasteiger partial charge is 0.0624 e. The maximum Gasteiger partial charge on any atom is 0.0624 e. The number of aromatic nitrogens is 2. The Morgan fingerprint density at radius 2 is 2.16 bits per heavy atom. The molecule has 2 aromatic rings. The lowest BCUT2D eigenvalue weighted by molar-refractivity contribution is 0.450. The minimum Gasteiger partial charge on any atom is -0.324 e. The van der Waals surface area contributed by atoms with E-state index in [-0.39, 0.29) is 6.04 Å². The summed E-state index contributed by atoms with van der Waals surface area (Å²) >= 11 is 0. The van der Waals surface area contributed by atoms with E-state index >= 15 is 0 Å². The predicted octanol–water partition coefficient (Wildman–Crippen LogP) is 2.40. The number of fused-ring (bicyclic) bond motifs is 1. The summed E-state index contributed by atoms with van der Waals surface area (Å²) in [6.45, 7) is 2.14. The van der Waals surface area contributed by atoms with Gasteiger partial charge in [-0.15, -0.1) is 0 Å². The van der Waals surface area contributed by atoms with E-state index in [0.717, 1.165) is 19.3 Å². The molecule has 0 amide bonds. The van der Waals surface area contributed by atoms with E-state index in [0.29, 0.717) is 5.92 Å². The standard InChI is InChI=1S/C16H21N3/c1-3-13-10-14(19(2)18-13)9-12-8-11-6-4-5-7-15(11)16(12)17/h4-7,10,12,16H,3,8-9,17H2,1-2H3. The van der Waals surface area contributed by atoms with E-state index in [1.165, 1.54) is 22.5 Å². The fourth-order valence-electron chi connectivity index (χ4n) is 3.11. The van der Waals surface area contributed by atoms with Crippen LogP contribution in [0.25, 0.3) is 0 Å². The highest BCUT2D eigenvalue weighted by molar-refractivity contribution is 5.36. The highest BCUT2D eigenvalue weighted by Gasteiger charge is 2.29. The molecule has 2 N–H and O–H groups in total. The van der Waals surface area contributed by atoms with Crippen LogP contribution in [-0.4, -0.2) is 9.78 Å². The largest absolute Gasteiger partial charge is 0.324 e. The fourth-order valence-corrected chi connectivity index (χ4v) is 3.11. The lowest BCUT2D eigenvalue weighted by atomic mass is 9.96. The van der Waals surface area contributed by atoms with Crippen LogP contribution < -0.4 is 5.73 Å². The zero-order chi connectivity index (χ0) is 13.4. The summed E-state index contributed by atoms with van der Waals surface area (Å²) in [6, 6.07) is 10.9. The van der Waals surface area contributed by atoms with Crippen molar-refractivity contribution in [1.82, 2.24) is 9.78 Å². The Morgan fingerprint density at radius 1 is 1.37 bits per heavy atom. The van der Waals surface area contributed by atoms with Gasteiger partial charge in [0.05, 0.1) is 5.69 Å². The maximum absolute atomic E-state index is 6.40. The number of nitrogens with zero attached hydrogens (tertiary/aromatic N) is 2. The fraction of sp³-hybridized carbons (Fsp3) is 0.438. The third kappa shape index (κ3) is 2.19. The molecule has 0 aliphatic heterocycles. The van der Waals surface area contributed by atoms with Gasteiger partial charge in [-0.05, 0) is 42.4 Å². The third-order valence-electron chi connectivity index (χ3n) is 4.27. The summed E-state index contributed by atoms with van der Waals surface area (Å²) in [5.74, 6) is 0.498.